The quantitative estimate of drug-likeness (QED) is 0.819. The van der Waals surface area contributed by atoms with Gasteiger partial charge in [-0.25, -0.2) is 4.79 Å². The standard InChI is InChI=1S/C14H12O3/c1-10-12(7-8-14(15)16)9-13(17-10)11-5-3-2-4-6-11/h2-9H,1H3,(H,15,16)/b8-7+. The molecule has 3 nitrogen and oxygen atoms in total. The van der Waals surface area contributed by atoms with E-state index < -0.39 is 5.97 Å². The van der Waals surface area contributed by atoms with Crippen LogP contribution in [0.3, 0.4) is 0 Å². The molecule has 1 aromatic heterocycles. The summed E-state index contributed by atoms with van der Waals surface area (Å²) in [6, 6.07) is 11.5. The summed E-state index contributed by atoms with van der Waals surface area (Å²) in [6.45, 7) is 1.81. The highest BCUT2D eigenvalue weighted by molar-refractivity contribution is 5.85. The summed E-state index contributed by atoms with van der Waals surface area (Å²) in [7, 11) is 0. The molecule has 0 radical (unpaired) electrons. The molecule has 0 aliphatic heterocycles. The molecule has 1 heterocycles. The number of furan rings is 1. The van der Waals surface area contributed by atoms with Crippen molar-refractivity contribution in [1.82, 2.24) is 0 Å². The third-order valence-corrected chi connectivity index (χ3v) is 2.42. The highest BCUT2D eigenvalue weighted by atomic mass is 16.4. The van der Waals surface area contributed by atoms with E-state index in [1.54, 1.807) is 0 Å². The molecule has 0 spiro atoms. The molecule has 2 rings (SSSR count). The van der Waals surface area contributed by atoms with Gasteiger partial charge in [-0.15, -0.1) is 0 Å². The predicted molar refractivity (Wildman–Crippen MR) is 65.6 cm³/mol. The van der Waals surface area contributed by atoms with Crippen molar-refractivity contribution in [3.05, 3.63) is 53.8 Å². The topological polar surface area (TPSA) is 50.4 Å². The third-order valence-electron chi connectivity index (χ3n) is 2.42. The average Bonchev–Trinajstić information content (AvgIpc) is 2.69. The number of carboxylic acid groups (broad SMARTS) is 1. The molecule has 0 atom stereocenters. The molecule has 0 aliphatic rings. The van der Waals surface area contributed by atoms with E-state index >= 15 is 0 Å². The molecule has 0 bridgehead atoms. The first-order valence-corrected chi connectivity index (χ1v) is 5.23. The summed E-state index contributed by atoms with van der Waals surface area (Å²) >= 11 is 0. The molecule has 17 heavy (non-hydrogen) atoms. The van der Waals surface area contributed by atoms with Gasteiger partial charge in [-0.05, 0) is 19.1 Å². The van der Waals surface area contributed by atoms with Crippen molar-refractivity contribution in [2.45, 2.75) is 6.92 Å². The summed E-state index contributed by atoms with van der Waals surface area (Å²) in [6.07, 6.45) is 2.64. The average molecular weight is 228 g/mol. The van der Waals surface area contributed by atoms with Crippen molar-refractivity contribution in [2.75, 3.05) is 0 Å². The fourth-order valence-electron chi connectivity index (χ4n) is 1.57. The first-order chi connectivity index (χ1) is 8.16. The van der Waals surface area contributed by atoms with Crippen LogP contribution in [-0.4, -0.2) is 11.1 Å². The summed E-state index contributed by atoms with van der Waals surface area (Å²) in [4.78, 5) is 10.4. The summed E-state index contributed by atoms with van der Waals surface area (Å²) in [5, 5.41) is 8.57. The molecule has 0 saturated heterocycles. The lowest BCUT2D eigenvalue weighted by Gasteiger charge is -1.93. The fraction of sp³-hybridized carbons (Fsp3) is 0.0714. The highest BCUT2D eigenvalue weighted by Crippen LogP contribution is 2.25. The minimum absolute atomic E-state index is 0.710. The largest absolute Gasteiger partial charge is 0.478 e. The second-order valence-corrected chi connectivity index (χ2v) is 3.66. The summed E-state index contributed by atoms with van der Waals surface area (Å²) in [5.74, 6) is 0.487. The van der Waals surface area contributed by atoms with E-state index in [0.717, 1.165) is 23.0 Å². The van der Waals surface area contributed by atoms with Gasteiger partial charge >= 0.3 is 5.97 Å². The Kier molecular flexibility index (Phi) is 3.10. The maximum absolute atomic E-state index is 10.4. The molecule has 3 heteroatoms. The SMILES string of the molecule is Cc1oc(-c2ccccc2)cc1/C=C/C(=O)O. The van der Waals surface area contributed by atoms with Crippen molar-refractivity contribution in [3.63, 3.8) is 0 Å². The molecular formula is C14H12O3. The number of carboxylic acids is 1. The Labute approximate surface area is 99.0 Å². The number of hydrogen-bond donors (Lipinski definition) is 1. The van der Waals surface area contributed by atoms with Crippen LogP contribution in [-0.2, 0) is 4.79 Å². The van der Waals surface area contributed by atoms with Gasteiger partial charge in [0, 0.05) is 17.2 Å². The van der Waals surface area contributed by atoms with Gasteiger partial charge in [0.25, 0.3) is 0 Å². The zero-order valence-corrected chi connectivity index (χ0v) is 9.38. The Hall–Kier alpha value is -2.29. The van der Waals surface area contributed by atoms with E-state index in [2.05, 4.69) is 0 Å². The van der Waals surface area contributed by atoms with Gasteiger partial charge in [0.15, 0.2) is 0 Å². The van der Waals surface area contributed by atoms with E-state index in [0.29, 0.717) is 5.76 Å². The number of rotatable bonds is 3. The minimum atomic E-state index is -0.966. The van der Waals surface area contributed by atoms with E-state index in [4.69, 9.17) is 9.52 Å². The van der Waals surface area contributed by atoms with Crippen LogP contribution in [0.5, 0.6) is 0 Å². The lowest BCUT2D eigenvalue weighted by atomic mass is 10.1. The minimum Gasteiger partial charge on any atom is -0.478 e. The zero-order valence-electron chi connectivity index (χ0n) is 9.38. The van der Waals surface area contributed by atoms with Gasteiger partial charge in [0.05, 0.1) is 0 Å². The van der Waals surface area contributed by atoms with Gasteiger partial charge in [0.2, 0.25) is 0 Å². The normalized spacial score (nSPS) is 10.9. The zero-order chi connectivity index (χ0) is 12.3. The number of carbonyl (C=O) groups is 1. The molecule has 0 amide bonds. The lowest BCUT2D eigenvalue weighted by Crippen LogP contribution is -1.85. The first-order valence-electron chi connectivity index (χ1n) is 5.23. The summed E-state index contributed by atoms with van der Waals surface area (Å²) < 4.78 is 5.59. The third kappa shape index (κ3) is 2.64. The molecule has 0 saturated carbocycles. The van der Waals surface area contributed by atoms with Crippen molar-refractivity contribution in [3.8, 4) is 11.3 Å². The number of benzene rings is 1. The smallest absolute Gasteiger partial charge is 0.328 e. The Morgan fingerprint density at radius 1 is 1.29 bits per heavy atom. The number of aliphatic carboxylic acids is 1. The number of aryl methyl sites for hydroxylation is 1. The Balaban J connectivity index is 2.34. The van der Waals surface area contributed by atoms with Crippen LogP contribution < -0.4 is 0 Å². The van der Waals surface area contributed by atoms with Crippen molar-refractivity contribution in [2.24, 2.45) is 0 Å². The van der Waals surface area contributed by atoms with Gasteiger partial charge < -0.3 is 9.52 Å². The Morgan fingerprint density at radius 3 is 2.65 bits per heavy atom. The highest BCUT2D eigenvalue weighted by Gasteiger charge is 2.06. The van der Waals surface area contributed by atoms with Gasteiger partial charge in [-0.2, -0.15) is 0 Å². The van der Waals surface area contributed by atoms with Crippen molar-refractivity contribution in [1.29, 1.82) is 0 Å². The summed E-state index contributed by atoms with van der Waals surface area (Å²) in [5.41, 5.74) is 1.76. The molecule has 2 aromatic rings. The first kappa shape index (κ1) is 11.2. The van der Waals surface area contributed by atoms with E-state index in [-0.39, 0.29) is 0 Å². The van der Waals surface area contributed by atoms with Crippen LogP contribution in [0.2, 0.25) is 0 Å². The van der Waals surface area contributed by atoms with Gasteiger partial charge in [-0.1, -0.05) is 30.3 Å². The van der Waals surface area contributed by atoms with E-state index in [1.165, 1.54) is 6.08 Å². The molecule has 1 N–H and O–H groups in total. The monoisotopic (exact) mass is 228 g/mol. The van der Waals surface area contributed by atoms with E-state index in [9.17, 15) is 4.79 Å². The Bertz CT molecular complexity index is 550. The molecule has 86 valence electrons. The molecule has 0 unspecified atom stereocenters. The second kappa shape index (κ2) is 4.70. The fourth-order valence-corrected chi connectivity index (χ4v) is 1.57. The van der Waals surface area contributed by atoms with Crippen LogP contribution in [0.1, 0.15) is 11.3 Å². The van der Waals surface area contributed by atoms with Crippen LogP contribution in [0.4, 0.5) is 0 Å². The van der Waals surface area contributed by atoms with Crippen LogP contribution in [0, 0.1) is 6.92 Å². The lowest BCUT2D eigenvalue weighted by molar-refractivity contribution is -0.131. The predicted octanol–water partition coefficient (Wildman–Crippen LogP) is 3.35. The molecule has 0 fully saturated rings. The van der Waals surface area contributed by atoms with Crippen LogP contribution >= 0.6 is 0 Å². The van der Waals surface area contributed by atoms with Gasteiger partial charge in [-0.3, -0.25) is 0 Å². The molecule has 0 aliphatic carbocycles. The van der Waals surface area contributed by atoms with Crippen molar-refractivity contribution >= 4 is 12.0 Å². The van der Waals surface area contributed by atoms with Gasteiger partial charge in [0.1, 0.15) is 11.5 Å². The molecule has 1 aromatic carbocycles. The Morgan fingerprint density at radius 2 is 2.00 bits per heavy atom. The maximum atomic E-state index is 10.4. The van der Waals surface area contributed by atoms with E-state index in [1.807, 2.05) is 43.3 Å². The number of hydrogen-bond acceptors (Lipinski definition) is 2. The van der Waals surface area contributed by atoms with Crippen molar-refractivity contribution < 1.29 is 14.3 Å². The van der Waals surface area contributed by atoms with Crippen LogP contribution in [0.15, 0.2) is 46.9 Å². The van der Waals surface area contributed by atoms with Crippen LogP contribution in [0.25, 0.3) is 17.4 Å². The molecular weight excluding hydrogens is 216 g/mol. The maximum Gasteiger partial charge on any atom is 0.328 e. The second-order valence-electron chi connectivity index (χ2n) is 3.66.